The Morgan fingerprint density at radius 1 is 1.00 bits per heavy atom. The summed E-state index contributed by atoms with van der Waals surface area (Å²) < 4.78 is 26.7. The summed E-state index contributed by atoms with van der Waals surface area (Å²) in [5.74, 6) is -0.478. The summed E-state index contributed by atoms with van der Waals surface area (Å²) in [5, 5.41) is 1.75. The molecule has 0 fully saturated rings. The molecule has 2 N–H and O–H groups in total. The first kappa shape index (κ1) is 20.2. The van der Waals surface area contributed by atoms with Crippen molar-refractivity contribution in [1.82, 2.24) is 4.57 Å². The lowest BCUT2D eigenvalue weighted by molar-refractivity contribution is 0.100. The van der Waals surface area contributed by atoms with Crippen LogP contribution in [0.4, 0.5) is 0 Å². The van der Waals surface area contributed by atoms with Crippen LogP contribution in [0.3, 0.4) is 0 Å². The highest BCUT2D eigenvalue weighted by molar-refractivity contribution is 7.90. The van der Waals surface area contributed by atoms with Gasteiger partial charge in [0.05, 0.1) is 10.4 Å². The maximum absolute atomic E-state index is 12.3. The van der Waals surface area contributed by atoms with Crippen LogP contribution in [0.1, 0.15) is 34.8 Å². The van der Waals surface area contributed by atoms with Gasteiger partial charge in [0.25, 0.3) is 0 Å². The van der Waals surface area contributed by atoms with Gasteiger partial charge in [0.15, 0.2) is 9.84 Å². The molecule has 0 unspecified atom stereocenters. The lowest BCUT2D eigenvalue weighted by atomic mass is 10.0. The Labute approximate surface area is 176 Å². The van der Waals surface area contributed by atoms with Crippen LogP contribution in [-0.2, 0) is 22.8 Å². The molecule has 0 bridgehead atoms. The van der Waals surface area contributed by atoms with E-state index in [1.54, 1.807) is 18.2 Å². The topological polar surface area (TPSA) is 82.2 Å². The number of sulfone groups is 1. The van der Waals surface area contributed by atoms with Crippen molar-refractivity contribution in [3.05, 3.63) is 77.4 Å². The number of nitrogens with two attached hydrogens (primary N) is 1. The SMILES string of the molecule is CCCc1ccc2c3c(C(N)=O)cccc3n(Cc3ccccc3S(C)(=O)=O)c2c1. The number of carbonyl (C=O) groups is 1. The lowest BCUT2D eigenvalue weighted by Crippen LogP contribution is -2.11. The van der Waals surface area contributed by atoms with Gasteiger partial charge in [0.1, 0.15) is 0 Å². The Bertz CT molecular complexity index is 1380. The Morgan fingerprint density at radius 2 is 1.77 bits per heavy atom. The van der Waals surface area contributed by atoms with Gasteiger partial charge < -0.3 is 10.3 Å². The average Bonchev–Trinajstić information content (AvgIpc) is 3.01. The number of primary amides is 1. The van der Waals surface area contributed by atoms with E-state index in [1.807, 2.05) is 30.3 Å². The minimum absolute atomic E-state index is 0.316. The molecule has 1 heterocycles. The smallest absolute Gasteiger partial charge is 0.249 e. The van der Waals surface area contributed by atoms with Gasteiger partial charge in [-0.15, -0.1) is 0 Å². The van der Waals surface area contributed by atoms with Crippen molar-refractivity contribution >= 4 is 37.6 Å². The summed E-state index contributed by atoms with van der Waals surface area (Å²) in [4.78, 5) is 12.4. The molecule has 5 nitrogen and oxygen atoms in total. The van der Waals surface area contributed by atoms with Gasteiger partial charge in [-0.3, -0.25) is 4.79 Å². The van der Waals surface area contributed by atoms with Crippen molar-refractivity contribution in [2.45, 2.75) is 31.2 Å². The Morgan fingerprint density at radius 3 is 2.47 bits per heavy atom. The first-order valence-electron chi connectivity index (χ1n) is 9.93. The fourth-order valence-corrected chi connectivity index (χ4v) is 5.11. The summed E-state index contributed by atoms with van der Waals surface area (Å²) in [6, 6.07) is 18.8. The highest BCUT2D eigenvalue weighted by Gasteiger charge is 2.19. The molecule has 154 valence electrons. The van der Waals surface area contributed by atoms with Gasteiger partial charge >= 0.3 is 0 Å². The number of rotatable bonds is 6. The van der Waals surface area contributed by atoms with E-state index in [0.29, 0.717) is 22.6 Å². The molecule has 0 spiro atoms. The van der Waals surface area contributed by atoms with E-state index in [4.69, 9.17) is 5.73 Å². The summed E-state index contributed by atoms with van der Waals surface area (Å²) >= 11 is 0. The van der Waals surface area contributed by atoms with Crippen LogP contribution in [0, 0.1) is 0 Å². The molecular formula is C24H24N2O3S. The van der Waals surface area contributed by atoms with Crippen LogP contribution < -0.4 is 5.73 Å². The van der Waals surface area contributed by atoms with Gasteiger partial charge in [-0.05, 0) is 41.8 Å². The second kappa shape index (κ2) is 7.61. The summed E-state index contributed by atoms with van der Waals surface area (Å²) in [6.45, 7) is 2.51. The van der Waals surface area contributed by atoms with E-state index < -0.39 is 15.7 Å². The molecule has 1 aromatic heterocycles. The number of carbonyl (C=O) groups excluding carboxylic acids is 1. The number of fused-ring (bicyclic) bond motifs is 3. The zero-order chi connectivity index (χ0) is 21.5. The molecule has 4 aromatic rings. The molecule has 0 aliphatic heterocycles. The van der Waals surface area contributed by atoms with Gasteiger partial charge in [0, 0.05) is 34.7 Å². The molecule has 0 radical (unpaired) electrons. The minimum atomic E-state index is -3.37. The number of amides is 1. The van der Waals surface area contributed by atoms with Crippen molar-refractivity contribution in [3.63, 3.8) is 0 Å². The van der Waals surface area contributed by atoms with Crippen LogP contribution in [0.15, 0.2) is 65.6 Å². The monoisotopic (exact) mass is 420 g/mol. The second-order valence-electron chi connectivity index (χ2n) is 7.63. The van der Waals surface area contributed by atoms with E-state index in [0.717, 1.165) is 34.6 Å². The number of hydrogen-bond donors (Lipinski definition) is 1. The van der Waals surface area contributed by atoms with Gasteiger partial charge in [-0.25, -0.2) is 8.42 Å². The average molecular weight is 421 g/mol. The Balaban J connectivity index is 2.04. The van der Waals surface area contributed by atoms with Crippen molar-refractivity contribution in [2.24, 2.45) is 5.73 Å². The number of nitrogens with zero attached hydrogens (tertiary/aromatic N) is 1. The van der Waals surface area contributed by atoms with E-state index in [-0.39, 0.29) is 0 Å². The van der Waals surface area contributed by atoms with Crippen LogP contribution in [0.25, 0.3) is 21.8 Å². The van der Waals surface area contributed by atoms with Gasteiger partial charge in [-0.2, -0.15) is 0 Å². The van der Waals surface area contributed by atoms with Crippen LogP contribution in [0.2, 0.25) is 0 Å². The molecule has 0 aliphatic carbocycles. The molecule has 6 heteroatoms. The van der Waals surface area contributed by atoms with Crippen molar-refractivity contribution in [2.75, 3.05) is 6.26 Å². The zero-order valence-corrected chi connectivity index (χ0v) is 17.9. The minimum Gasteiger partial charge on any atom is -0.366 e. The van der Waals surface area contributed by atoms with E-state index >= 15 is 0 Å². The predicted octanol–water partition coefficient (Wildman–Crippen LogP) is 4.30. The second-order valence-corrected chi connectivity index (χ2v) is 9.62. The number of benzene rings is 3. The van der Waals surface area contributed by atoms with Crippen LogP contribution in [-0.4, -0.2) is 25.1 Å². The fourth-order valence-electron chi connectivity index (χ4n) is 4.18. The van der Waals surface area contributed by atoms with E-state index in [9.17, 15) is 13.2 Å². The molecule has 1 amide bonds. The van der Waals surface area contributed by atoms with Crippen LogP contribution >= 0.6 is 0 Å². The fraction of sp³-hybridized carbons (Fsp3) is 0.208. The van der Waals surface area contributed by atoms with Gasteiger partial charge in [-0.1, -0.05) is 49.7 Å². The zero-order valence-electron chi connectivity index (χ0n) is 17.1. The van der Waals surface area contributed by atoms with Crippen molar-refractivity contribution in [3.8, 4) is 0 Å². The maximum atomic E-state index is 12.3. The Hall–Kier alpha value is -3.12. The first-order valence-corrected chi connectivity index (χ1v) is 11.8. The largest absolute Gasteiger partial charge is 0.366 e. The third-order valence-electron chi connectivity index (χ3n) is 5.46. The van der Waals surface area contributed by atoms with Gasteiger partial charge in [0.2, 0.25) is 5.91 Å². The Kier molecular flexibility index (Phi) is 5.12. The van der Waals surface area contributed by atoms with Crippen molar-refractivity contribution < 1.29 is 13.2 Å². The van der Waals surface area contributed by atoms with Crippen molar-refractivity contribution in [1.29, 1.82) is 0 Å². The molecule has 4 rings (SSSR count). The molecule has 0 saturated carbocycles. The highest BCUT2D eigenvalue weighted by atomic mass is 32.2. The first-order chi connectivity index (χ1) is 14.3. The number of aromatic nitrogens is 1. The standard InChI is InChI=1S/C24H24N2O3S/c1-3-7-16-12-13-18-21(14-16)26(20-10-6-9-19(23(18)20)24(25)27)15-17-8-4-5-11-22(17)30(2,28)29/h4-6,8-14H,3,7,15H2,1-2H3,(H2,25,27). The number of hydrogen-bond acceptors (Lipinski definition) is 3. The normalized spacial score (nSPS) is 11.9. The van der Waals surface area contributed by atoms with E-state index in [1.165, 1.54) is 11.8 Å². The molecule has 0 aliphatic rings. The van der Waals surface area contributed by atoms with E-state index in [2.05, 4.69) is 23.6 Å². The lowest BCUT2D eigenvalue weighted by Gasteiger charge is -2.12. The quantitative estimate of drug-likeness (QED) is 0.505. The third kappa shape index (κ3) is 3.48. The van der Waals surface area contributed by atoms with Crippen LogP contribution in [0.5, 0.6) is 0 Å². The highest BCUT2D eigenvalue weighted by Crippen LogP contribution is 2.33. The number of aryl methyl sites for hydroxylation is 1. The molecule has 0 atom stereocenters. The third-order valence-corrected chi connectivity index (χ3v) is 6.66. The molecule has 0 saturated heterocycles. The molecule has 30 heavy (non-hydrogen) atoms. The summed E-state index contributed by atoms with van der Waals surface area (Å²) in [7, 11) is -3.37. The summed E-state index contributed by atoms with van der Waals surface area (Å²) in [6.07, 6.45) is 3.19. The molecular weight excluding hydrogens is 396 g/mol. The summed E-state index contributed by atoms with van der Waals surface area (Å²) in [5.41, 5.74) is 9.87. The predicted molar refractivity (Wildman–Crippen MR) is 121 cm³/mol. The maximum Gasteiger partial charge on any atom is 0.249 e. The molecule has 3 aromatic carbocycles.